The monoisotopic (exact) mass is 288 g/mol. The van der Waals surface area contributed by atoms with Gasteiger partial charge in [0.1, 0.15) is 11.5 Å². The van der Waals surface area contributed by atoms with Gasteiger partial charge in [-0.2, -0.15) is 9.59 Å². The number of ether oxygens (including phenoxy) is 2. The second-order valence-electron chi connectivity index (χ2n) is 4.41. The Morgan fingerprint density at radius 3 is 2.00 bits per heavy atom. The summed E-state index contributed by atoms with van der Waals surface area (Å²) >= 11 is 0. The molecule has 0 amide bonds. The van der Waals surface area contributed by atoms with Crippen molar-refractivity contribution in [2.75, 3.05) is 7.11 Å². The Morgan fingerprint density at radius 1 is 1.10 bits per heavy atom. The van der Waals surface area contributed by atoms with Crippen molar-refractivity contribution in [3.05, 3.63) is 46.7 Å². The zero-order valence-electron chi connectivity index (χ0n) is 12.4. The average molecular weight is 288 g/mol. The molecule has 1 aromatic rings. The number of allylic oxidation sites excluding steroid dienone is 2. The summed E-state index contributed by atoms with van der Waals surface area (Å²) in [7, 11) is 1.63. The number of hydrogen-bond donors (Lipinski definition) is 0. The molecule has 0 saturated heterocycles. The number of hydrogen-bond acceptors (Lipinski definition) is 5. The fourth-order valence-corrected chi connectivity index (χ4v) is 1.90. The van der Waals surface area contributed by atoms with Crippen molar-refractivity contribution in [1.29, 1.82) is 0 Å². The van der Waals surface area contributed by atoms with Crippen LogP contribution in [0.3, 0.4) is 0 Å². The van der Waals surface area contributed by atoms with E-state index in [0.717, 1.165) is 22.5 Å². The van der Waals surface area contributed by atoms with Crippen LogP contribution in [0.15, 0.2) is 41.2 Å². The minimum atomic E-state index is -0.254. The van der Waals surface area contributed by atoms with E-state index in [1.54, 1.807) is 14.0 Å². The summed E-state index contributed by atoms with van der Waals surface area (Å²) < 4.78 is 10.4. The Morgan fingerprint density at radius 2 is 1.62 bits per heavy atom. The van der Waals surface area contributed by atoms with Gasteiger partial charge >= 0.3 is 12.1 Å². The topological polar surface area (TPSA) is 69.7 Å². The van der Waals surface area contributed by atoms with Crippen LogP contribution in [-0.2, 0) is 19.1 Å². The molecule has 5 heteroatoms. The molecule has 0 fully saturated rings. The molecule has 1 aromatic carbocycles. The van der Waals surface area contributed by atoms with Gasteiger partial charge in [0.2, 0.25) is 0 Å². The fraction of sp³-hybridized carbons (Fsp3) is 0.250. The van der Waals surface area contributed by atoms with Crippen LogP contribution >= 0.6 is 0 Å². The first-order valence-electron chi connectivity index (χ1n) is 6.20. The van der Waals surface area contributed by atoms with E-state index in [9.17, 15) is 4.79 Å². The number of rotatable bonds is 2. The molecule has 0 unspecified atom stereocenters. The summed E-state index contributed by atoms with van der Waals surface area (Å²) in [5.41, 5.74) is 3.57. The number of carbonyl (C=O) groups is 1. The van der Waals surface area contributed by atoms with E-state index in [1.165, 1.54) is 0 Å². The van der Waals surface area contributed by atoms with Gasteiger partial charge in [0, 0.05) is 11.1 Å². The maximum atomic E-state index is 11.5. The molecule has 0 atom stereocenters. The summed E-state index contributed by atoms with van der Waals surface area (Å²) in [6.07, 6.45) is 0.250. The first kappa shape index (κ1) is 16.4. The van der Waals surface area contributed by atoms with Crippen molar-refractivity contribution in [1.82, 2.24) is 0 Å². The highest BCUT2D eigenvalue weighted by Crippen LogP contribution is 2.32. The third-order valence-corrected chi connectivity index (χ3v) is 3.27. The maximum Gasteiger partial charge on any atom is 0.373 e. The Balaban J connectivity index is 0.000000677. The van der Waals surface area contributed by atoms with Crippen molar-refractivity contribution >= 4 is 17.7 Å². The molecule has 0 radical (unpaired) electrons. The van der Waals surface area contributed by atoms with Crippen molar-refractivity contribution in [3.8, 4) is 5.75 Å². The third-order valence-electron chi connectivity index (χ3n) is 3.27. The first-order valence-corrected chi connectivity index (χ1v) is 6.20. The van der Waals surface area contributed by atoms with Crippen molar-refractivity contribution < 1.29 is 23.9 Å². The van der Waals surface area contributed by atoms with Gasteiger partial charge in [-0.25, -0.2) is 4.79 Å². The van der Waals surface area contributed by atoms with E-state index in [1.807, 2.05) is 38.1 Å². The van der Waals surface area contributed by atoms with Crippen LogP contribution in [0.5, 0.6) is 5.75 Å². The maximum absolute atomic E-state index is 11.5. The van der Waals surface area contributed by atoms with Crippen molar-refractivity contribution in [3.63, 3.8) is 0 Å². The van der Waals surface area contributed by atoms with Crippen LogP contribution in [0.2, 0.25) is 0 Å². The lowest BCUT2D eigenvalue weighted by atomic mass is 10.0. The number of carbonyl (C=O) groups excluding carboxylic acids is 3. The van der Waals surface area contributed by atoms with Gasteiger partial charge in [-0.1, -0.05) is 12.1 Å². The molecule has 0 bridgehead atoms. The van der Waals surface area contributed by atoms with Gasteiger partial charge in [-0.05, 0) is 44.0 Å². The van der Waals surface area contributed by atoms with Crippen molar-refractivity contribution in [2.45, 2.75) is 20.8 Å². The zero-order chi connectivity index (χ0) is 16.0. The van der Waals surface area contributed by atoms with Crippen molar-refractivity contribution in [2.24, 2.45) is 0 Å². The number of esters is 1. The Labute approximate surface area is 122 Å². The Hall–Kier alpha value is -2.65. The van der Waals surface area contributed by atoms with Crippen LogP contribution < -0.4 is 4.74 Å². The normalized spacial score (nSPS) is 15.7. The first-order chi connectivity index (χ1) is 9.96. The lowest BCUT2D eigenvalue weighted by Gasteiger charge is -2.08. The molecule has 21 heavy (non-hydrogen) atoms. The lowest BCUT2D eigenvalue weighted by Crippen LogP contribution is -1.96. The van der Waals surface area contributed by atoms with Crippen LogP contribution in [0.25, 0.3) is 5.57 Å². The Bertz CT molecular complexity index is 629. The fourth-order valence-electron chi connectivity index (χ4n) is 1.90. The highest BCUT2D eigenvalue weighted by atomic mass is 16.5. The lowest BCUT2D eigenvalue weighted by molar-refractivity contribution is -0.191. The van der Waals surface area contributed by atoms with Gasteiger partial charge < -0.3 is 9.47 Å². The molecule has 0 aliphatic carbocycles. The summed E-state index contributed by atoms with van der Waals surface area (Å²) in [6, 6.07) is 7.69. The van der Waals surface area contributed by atoms with E-state index in [4.69, 9.17) is 19.1 Å². The van der Waals surface area contributed by atoms with Gasteiger partial charge in [-0.15, -0.1) is 0 Å². The molecule has 0 spiro atoms. The summed E-state index contributed by atoms with van der Waals surface area (Å²) in [6.45, 7) is 5.64. The summed E-state index contributed by atoms with van der Waals surface area (Å²) in [5.74, 6) is 1.22. The molecule has 0 saturated carbocycles. The largest absolute Gasteiger partial charge is 0.497 e. The smallest absolute Gasteiger partial charge is 0.373 e. The van der Waals surface area contributed by atoms with Gasteiger partial charge in [0.15, 0.2) is 0 Å². The third kappa shape index (κ3) is 3.68. The standard InChI is InChI=1S/C15H16O3.CO2/c1-9-10(2)15(16)18-14(9)11(3)12-5-7-13(17-4)8-6-12;2-1-3/h5-8H,1-4H3;. The minimum absolute atomic E-state index is 0.250. The summed E-state index contributed by atoms with van der Waals surface area (Å²) in [5, 5.41) is 0. The molecule has 2 rings (SSSR count). The molecule has 1 heterocycles. The predicted molar refractivity (Wildman–Crippen MR) is 75.1 cm³/mol. The van der Waals surface area contributed by atoms with Crippen LogP contribution in [0.1, 0.15) is 26.3 Å². The van der Waals surface area contributed by atoms with E-state index in [-0.39, 0.29) is 12.1 Å². The van der Waals surface area contributed by atoms with E-state index < -0.39 is 0 Å². The summed E-state index contributed by atoms with van der Waals surface area (Å²) in [4.78, 5) is 27.7. The van der Waals surface area contributed by atoms with E-state index in [0.29, 0.717) is 11.3 Å². The molecule has 1 aliphatic rings. The van der Waals surface area contributed by atoms with Crippen LogP contribution in [0, 0.1) is 0 Å². The number of methoxy groups -OCH3 is 1. The quantitative estimate of drug-likeness (QED) is 0.783. The van der Waals surface area contributed by atoms with Gasteiger partial charge in [0.25, 0.3) is 0 Å². The SMILES string of the molecule is COc1ccc(C(C)=C2OC(=O)C(C)=C2C)cc1.O=C=O. The molecule has 0 N–H and O–H groups in total. The molecule has 1 aliphatic heterocycles. The van der Waals surface area contributed by atoms with Crippen LogP contribution in [-0.4, -0.2) is 19.2 Å². The number of cyclic esters (lactones) is 1. The van der Waals surface area contributed by atoms with Crippen LogP contribution in [0.4, 0.5) is 0 Å². The van der Waals surface area contributed by atoms with E-state index in [2.05, 4.69) is 0 Å². The van der Waals surface area contributed by atoms with Gasteiger partial charge in [-0.3, -0.25) is 0 Å². The highest BCUT2D eigenvalue weighted by molar-refractivity contribution is 5.95. The van der Waals surface area contributed by atoms with Gasteiger partial charge in [0.05, 0.1) is 7.11 Å². The molecule has 110 valence electrons. The minimum Gasteiger partial charge on any atom is -0.497 e. The number of benzene rings is 1. The second kappa shape index (κ2) is 7.22. The molecule has 5 nitrogen and oxygen atoms in total. The predicted octanol–water partition coefficient (Wildman–Crippen LogP) is 2.74. The molecule has 0 aromatic heterocycles. The Kier molecular flexibility index (Phi) is 5.64. The van der Waals surface area contributed by atoms with E-state index >= 15 is 0 Å². The highest BCUT2D eigenvalue weighted by Gasteiger charge is 2.25. The molecular formula is C16H16O5. The average Bonchev–Trinajstić information content (AvgIpc) is 2.75. The zero-order valence-corrected chi connectivity index (χ0v) is 12.4. The molecular weight excluding hydrogens is 272 g/mol. The second-order valence-corrected chi connectivity index (χ2v) is 4.41.